The molecule has 0 aliphatic heterocycles. The van der Waals surface area contributed by atoms with E-state index < -0.39 is 5.54 Å². The van der Waals surface area contributed by atoms with Crippen LogP contribution < -0.4 is 11.2 Å². The minimum Gasteiger partial charge on any atom is -0.317 e. The Morgan fingerprint density at radius 3 is 2.64 bits per heavy atom. The smallest absolute Gasteiger partial charge is 0.263 e. The first kappa shape index (κ1) is 11.5. The number of amides is 1. The van der Waals surface area contributed by atoms with Crippen molar-refractivity contribution in [3.8, 4) is 0 Å². The molecule has 0 heterocycles. The Kier molecular flexibility index (Phi) is 3.89. The lowest BCUT2D eigenvalue weighted by Gasteiger charge is -2.34. The van der Waals surface area contributed by atoms with Gasteiger partial charge in [0.2, 0.25) is 0 Å². The van der Waals surface area contributed by atoms with Gasteiger partial charge in [-0.3, -0.25) is 9.63 Å². The molecule has 3 N–H and O–H groups in total. The van der Waals surface area contributed by atoms with E-state index in [9.17, 15) is 4.79 Å². The van der Waals surface area contributed by atoms with E-state index in [1.165, 1.54) is 0 Å². The van der Waals surface area contributed by atoms with Crippen LogP contribution >= 0.6 is 0 Å². The Morgan fingerprint density at radius 2 is 2.14 bits per heavy atom. The van der Waals surface area contributed by atoms with E-state index in [4.69, 9.17) is 10.6 Å². The number of hydroxylamine groups is 1. The number of hydrogen-bond acceptors (Lipinski definition) is 3. The van der Waals surface area contributed by atoms with Gasteiger partial charge >= 0.3 is 0 Å². The summed E-state index contributed by atoms with van der Waals surface area (Å²) in [6.45, 7) is 4.49. The molecular formula is C10H20N2O2. The second-order valence-electron chi connectivity index (χ2n) is 4.20. The summed E-state index contributed by atoms with van der Waals surface area (Å²) in [5.74, 6) is 0.512. The molecule has 0 saturated heterocycles. The molecule has 4 nitrogen and oxygen atoms in total. The molecule has 1 saturated carbocycles. The van der Waals surface area contributed by atoms with Crippen LogP contribution in [-0.4, -0.2) is 18.1 Å². The summed E-state index contributed by atoms with van der Waals surface area (Å²) in [7, 11) is 0. The number of nitrogens with one attached hydrogen (secondary N) is 1. The predicted molar refractivity (Wildman–Crippen MR) is 54.3 cm³/mol. The van der Waals surface area contributed by atoms with Gasteiger partial charge in [0.15, 0.2) is 0 Å². The van der Waals surface area contributed by atoms with Gasteiger partial charge in [-0.25, -0.2) is 5.48 Å². The fourth-order valence-electron chi connectivity index (χ4n) is 1.74. The lowest BCUT2D eigenvalue weighted by atomic mass is 9.77. The van der Waals surface area contributed by atoms with Crippen molar-refractivity contribution >= 4 is 5.91 Å². The molecule has 1 amide bonds. The van der Waals surface area contributed by atoms with Crippen molar-refractivity contribution in [3.05, 3.63) is 0 Å². The van der Waals surface area contributed by atoms with E-state index in [0.717, 1.165) is 25.7 Å². The summed E-state index contributed by atoms with van der Waals surface area (Å²) >= 11 is 0. The minimum atomic E-state index is -0.707. The van der Waals surface area contributed by atoms with Crippen LogP contribution in [0, 0.1) is 5.92 Å². The Morgan fingerprint density at radius 1 is 1.57 bits per heavy atom. The molecule has 0 aromatic carbocycles. The Bertz CT molecular complexity index is 198. The molecule has 0 bridgehead atoms. The van der Waals surface area contributed by atoms with E-state index in [-0.39, 0.29) is 5.91 Å². The first-order valence-corrected chi connectivity index (χ1v) is 5.29. The lowest BCUT2D eigenvalue weighted by molar-refractivity contribution is -0.140. The van der Waals surface area contributed by atoms with Crippen LogP contribution in [0.3, 0.4) is 0 Å². The molecule has 82 valence electrons. The van der Waals surface area contributed by atoms with Gasteiger partial charge in [-0.1, -0.05) is 6.92 Å². The first-order valence-electron chi connectivity index (χ1n) is 5.29. The van der Waals surface area contributed by atoms with Gasteiger partial charge in [-0.2, -0.15) is 0 Å². The second-order valence-corrected chi connectivity index (χ2v) is 4.20. The largest absolute Gasteiger partial charge is 0.317 e. The van der Waals surface area contributed by atoms with Crippen molar-refractivity contribution in [2.24, 2.45) is 11.7 Å². The molecule has 1 rings (SSSR count). The monoisotopic (exact) mass is 200 g/mol. The van der Waals surface area contributed by atoms with Crippen molar-refractivity contribution in [2.45, 2.75) is 45.1 Å². The van der Waals surface area contributed by atoms with E-state index in [1.807, 2.05) is 6.92 Å². The van der Waals surface area contributed by atoms with Crippen LogP contribution in [0.1, 0.15) is 39.5 Å². The molecule has 0 aromatic rings. The Balaban J connectivity index is 2.44. The normalized spacial score (nSPS) is 32.6. The molecule has 4 heteroatoms. The van der Waals surface area contributed by atoms with Crippen LogP contribution in [-0.2, 0) is 9.63 Å². The number of carbonyl (C=O) groups is 1. The van der Waals surface area contributed by atoms with E-state index in [2.05, 4.69) is 12.4 Å². The van der Waals surface area contributed by atoms with E-state index in [1.54, 1.807) is 0 Å². The molecule has 0 aromatic heterocycles. The molecule has 0 atom stereocenters. The van der Waals surface area contributed by atoms with Gasteiger partial charge in [0.25, 0.3) is 5.91 Å². The van der Waals surface area contributed by atoms with Gasteiger partial charge in [0, 0.05) is 0 Å². The zero-order chi connectivity index (χ0) is 10.6. The van der Waals surface area contributed by atoms with Crippen LogP contribution in [0.5, 0.6) is 0 Å². The van der Waals surface area contributed by atoms with Crippen molar-refractivity contribution in [2.75, 3.05) is 6.61 Å². The van der Waals surface area contributed by atoms with Crippen LogP contribution in [0.4, 0.5) is 0 Å². The SMILES string of the molecule is CCONC(=O)C1(N)CCC(C)CC1. The molecule has 0 spiro atoms. The van der Waals surface area contributed by atoms with Crippen molar-refractivity contribution < 1.29 is 9.63 Å². The average molecular weight is 200 g/mol. The third-order valence-corrected chi connectivity index (χ3v) is 2.93. The van der Waals surface area contributed by atoms with Crippen LogP contribution in [0.2, 0.25) is 0 Å². The third-order valence-electron chi connectivity index (χ3n) is 2.93. The zero-order valence-corrected chi connectivity index (χ0v) is 9.01. The Labute approximate surface area is 85.1 Å². The number of nitrogens with two attached hydrogens (primary N) is 1. The minimum absolute atomic E-state index is 0.175. The molecule has 1 aliphatic carbocycles. The molecular weight excluding hydrogens is 180 g/mol. The van der Waals surface area contributed by atoms with Crippen molar-refractivity contribution in [1.29, 1.82) is 0 Å². The highest BCUT2D eigenvalue weighted by Crippen LogP contribution is 2.30. The molecule has 14 heavy (non-hydrogen) atoms. The van der Waals surface area contributed by atoms with Gasteiger partial charge < -0.3 is 5.73 Å². The van der Waals surface area contributed by atoms with E-state index >= 15 is 0 Å². The molecule has 0 unspecified atom stereocenters. The van der Waals surface area contributed by atoms with Crippen LogP contribution in [0.25, 0.3) is 0 Å². The quantitative estimate of drug-likeness (QED) is 0.667. The summed E-state index contributed by atoms with van der Waals surface area (Å²) in [5, 5.41) is 0. The van der Waals surface area contributed by atoms with Gasteiger partial charge in [0.05, 0.1) is 12.1 Å². The highest BCUT2D eigenvalue weighted by Gasteiger charge is 2.37. The highest BCUT2D eigenvalue weighted by atomic mass is 16.6. The number of hydrogen-bond donors (Lipinski definition) is 2. The molecule has 1 aliphatic rings. The fraction of sp³-hybridized carbons (Fsp3) is 0.900. The maximum absolute atomic E-state index is 11.6. The third kappa shape index (κ3) is 2.69. The van der Waals surface area contributed by atoms with E-state index in [0.29, 0.717) is 12.5 Å². The predicted octanol–water partition coefficient (Wildman–Crippen LogP) is 0.962. The molecule has 0 radical (unpaired) electrons. The number of rotatable bonds is 3. The summed E-state index contributed by atoms with van der Waals surface area (Å²) in [6.07, 6.45) is 3.56. The summed E-state index contributed by atoms with van der Waals surface area (Å²) in [5.41, 5.74) is 7.70. The summed E-state index contributed by atoms with van der Waals surface area (Å²) in [4.78, 5) is 16.5. The highest BCUT2D eigenvalue weighted by molar-refractivity contribution is 5.85. The van der Waals surface area contributed by atoms with Gasteiger partial charge in [-0.15, -0.1) is 0 Å². The first-order chi connectivity index (χ1) is 6.58. The maximum atomic E-state index is 11.6. The van der Waals surface area contributed by atoms with Crippen molar-refractivity contribution in [1.82, 2.24) is 5.48 Å². The topological polar surface area (TPSA) is 64.3 Å². The Hall–Kier alpha value is -0.610. The summed E-state index contributed by atoms with van der Waals surface area (Å²) < 4.78 is 0. The van der Waals surface area contributed by atoms with Crippen molar-refractivity contribution in [3.63, 3.8) is 0 Å². The second kappa shape index (κ2) is 4.75. The van der Waals surface area contributed by atoms with Gasteiger partial charge in [-0.05, 0) is 38.5 Å². The standard InChI is InChI=1S/C10H20N2O2/c1-3-14-12-9(13)10(11)6-4-8(2)5-7-10/h8H,3-7,11H2,1-2H3,(H,12,13). The van der Waals surface area contributed by atoms with Gasteiger partial charge in [0.1, 0.15) is 0 Å². The number of carbonyl (C=O) groups excluding carboxylic acids is 1. The average Bonchev–Trinajstić information content (AvgIpc) is 2.19. The fourth-order valence-corrected chi connectivity index (χ4v) is 1.74. The molecule has 1 fully saturated rings. The lowest BCUT2D eigenvalue weighted by Crippen LogP contribution is -2.55. The summed E-state index contributed by atoms with van der Waals surface area (Å²) in [6, 6.07) is 0. The van der Waals surface area contributed by atoms with Crippen LogP contribution in [0.15, 0.2) is 0 Å². The maximum Gasteiger partial charge on any atom is 0.263 e. The zero-order valence-electron chi connectivity index (χ0n) is 9.01.